The van der Waals surface area contributed by atoms with E-state index in [0.29, 0.717) is 13.0 Å². The summed E-state index contributed by atoms with van der Waals surface area (Å²) >= 11 is 0. The molecule has 4 nitrogen and oxygen atoms in total. The summed E-state index contributed by atoms with van der Waals surface area (Å²) in [6, 6.07) is 16.5. The molecule has 4 rings (SSSR count). The van der Waals surface area contributed by atoms with Crippen molar-refractivity contribution >= 4 is 27.8 Å². The SMILES string of the molecule is CCOC(=O)CC(c1ccc2cc[nH]c2c1)c1c[nH]c2ccccc12. The fourth-order valence-corrected chi connectivity index (χ4v) is 3.46. The van der Waals surface area contributed by atoms with E-state index in [9.17, 15) is 4.79 Å². The molecule has 0 saturated heterocycles. The lowest BCUT2D eigenvalue weighted by atomic mass is 9.88. The van der Waals surface area contributed by atoms with Crippen LogP contribution in [0.25, 0.3) is 21.8 Å². The molecule has 2 aromatic carbocycles. The number of aromatic nitrogens is 2. The van der Waals surface area contributed by atoms with Crippen LogP contribution in [0.1, 0.15) is 30.4 Å². The number of carbonyl (C=O) groups is 1. The highest BCUT2D eigenvalue weighted by Gasteiger charge is 2.22. The number of para-hydroxylation sites is 1. The summed E-state index contributed by atoms with van der Waals surface area (Å²) in [5.74, 6) is -0.229. The predicted molar refractivity (Wildman–Crippen MR) is 99.7 cm³/mol. The third-order valence-corrected chi connectivity index (χ3v) is 4.65. The molecule has 4 heteroatoms. The molecular weight excluding hydrogens is 312 g/mol. The minimum absolute atomic E-state index is 0.0529. The Hall–Kier alpha value is -3.01. The number of ether oxygens (including phenoxy) is 1. The normalized spacial score (nSPS) is 12.5. The van der Waals surface area contributed by atoms with Gasteiger partial charge < -0.3 is 14.7 Å². The first-order chi connectivity index (χ1) is 12.3. The molecule has 0 saturated carbocycles. The summed E-state index contributed by atoms with van der Waals surface area (Å²) < 4.78 is 5.22. The molecule has 1 unspecified atom stereocenters. The van der Waals surface area contributed by atoms with Crippen LogP contribution in [-0.4, -0.2) is 22.5 Å². The zero-order chi connectivity index (χ0) is 17.2. The number of rotatable bonds is 5. The van der Waals surface area contributed by atoms with Gasteiger partial charge in [-0.2, -0.15) is 0 Å². The molecule has 1 atom stereocenters. The number of aromatic amines is 2. The van der Waals surface area contributed by atoms with E-state index in [2.05, 4.69) is 40.3 Å². The van der Waals surface area contributed by atoms with Crippen LogP contribution in [0.4, 0.5) is 0 Å². The van der Waals surface area contributed by atoms with Gasteiger partial charge in [-0.3, -0.25) is 4.79 Å². The highest BCUT2D eigenvalue weighted by Crippen LogP contribution is 2.34. The van der Waals surface area contributed by atoms with Crippen molar-refractivity contribution in [2.24, 2.45) is 0 Å². The number of esters is 1. The molecule has 0 spiro atoms. The van der Waals surface area contributed by atoms with Crippen molar-refractivity contribution in [1.29, 1.82) is 0 Å². The topological polar surface area (TPSA) is 57.9 Å². The van der Waals surface area contributed by atoms with E-state index in [4.69, 9.17) is 4.74 Å². The molecule has 4 aromatic rings. The fraction of sp³-hybridized carbons (Fsp3) is 0.190. The van der Waals surface area contributed by atoms with Crippen LogP contribution < -0.4 is 0 Å². The van der Waals surface area contributed by atoms with E-state index in [1.807, 2.05) is 37.5 Å². The van der Waals surface area contributed by atoms with Gasteiger partial charge in [-0.05, 0) is 41.6 Å². The van der Waals surface area contributed by atoms with Gasteiger partial charge in [-0.25, -0.2) is 0 Å². The van der Waals surface area contributed by atoms with Crippen molar-refractivity contribution in [3.8, 4) is 0 Å². The molecule has 0 radical (unpaired) electrons. The highest BCUT2D eigenvalue weighted by atomic mass is 16.5. The Morgan fingerprint density at radius 1 is 1.08 bits per heavy atom. The third-order valence-electron chi connectivity index (χ3n) is 4.65. The van der Waals surface area contributed by atoms with Gasteiger partial charge in [0.05, 0.1) is 13.0 Å². The van der Waals surface area contributed by atoms with Gasteiger partial charge in [0.1, 0.15) is 0 Å². The number of hydrogen-bond donors (Lipinski definition) is 2. The van der Waals surface area contributed by atoms with Crippen LogP contribution in [0, 0.1) is 0 Å². The smallest absolute Gasteiger partial charge is 0.306 e. The Morgan fingerprint density at radius 3 is 2.84 bits per heavy atom. The number of fused-ring (bicyclic) bond motifs is 2. The number of H-pyrrole nitrogens is 2. The van der Waals surface area contributed by atoms with E-state index >= 15 is 0 Å². The van der Waals surface area contributed by atoms with Gasteiger partial charge in [-0.1, -0.05) is 30.3 Å². The van der Waals surface area contributed by atoms with Crippen LogP contribution in [-0.2, 0) is 9.53 Å². The molecule has 2 N–H and O–H groups in total. The quantitative estimate of drug-likeness (QED) is 0.519. The Bertz CT molecular complexity index is 1030. The van der Waals surface area contributed by atoms with Crippen LogP contribution in [0.2, 0.25) is 0 Å². The average Bonchev–Trinajstić information content (AvgIpc) is 3.26. The Morgan fingerprint density at radius 2 is 1.96 bits per heavy atom. The molecule has 126 valence electrons. The Balaban J connectivity index is 1.81. The number of benzene rings is 2. The molecule has 0 aliphatic carbocycles. The molecule has 2 heterocycles. The van der Waals surface area contributed by atoms with Crippen molar-refractivity contribution in [3.05, 3.63) is 72.1 Å². The maximum atomic E-state index is 12.2. The average molecular weight is 332 g/mol. The lowest BCUT2D eigenvalue weighted by molar-refractivity contribution is -0.143. The summed E-state index contributed by atoms with van der Waals surface area (Å²) in [6.45, 7) is 2.23. The van der Waals surface area contributed by atoms with E-state index < -0.39 is 0 Å². The Kier molecular flexibility index (Phi) is 4.02. The molecule has 0 amide bonds. The zero-order valence-corrected chi connectivity index (χ0v) is 14.1. The van der Waals surface area contributed by atoms with Gasteiger partial charge in [0.25, 0.3) is 0 Å². The van der Waals surface area contributed by atoms with Crippen molar-refractivity contribution in [3.63, 3.8) is 0 Å². The summed E-state index contributed by atoms with van der Waals surface area (Å²) in [4.78, 5) is 18.8. The first kappa shape index (κ1) is 15.5. The monoisotopic (exact) mass is 332 g/mol. The summed E-state index contributed by atoms with van der Waals surface area (Å²) in [7, 11) is 0. The molecule has 0 fully saturated rings. The van der Waals surface area contributed by atoms with E-state index in [0.717, 1.165) is 32.9 Å². The summed E-state index contributed by atoms with van der Waals surface area (Å²) in [5.41, 5.74) is 4.38. The van der Waals surface area contributed by atoms with E-state index in [1.165, 1.54) is 0 Å². The van der Waals surface area contributed by atoms with Crippen LogP contribution in [0.3, 0.4) is 0 Å². The molecule has 2 aromatic heterocycles. The second kappa shape index (κ2) is 6.48. The van der Waals surface area contributed by atoms with Crippen molar-refractivity contribution in [2.75, 3.05) is 6.61 Å². The van der Waals surface area contributed by atoms with Gasteiger partial charge in [0.2, 0.25) is 0 Å². The molecular formula is C21H20N2O2. The zero-order valence-electron chi connectivity index (χ0n) is 14.1. The summed E-state index contributed by atoms with van der Waals surface area (Å²) in [5, 5.41) is 2.31. The second-order valence-electron chi connectivity index (χ2n) is 6.18. The number of carbonyl (C=O) groups excluding carboxylic acids is 1. The highest BCUT2D eigenvalue weighted by molar-refractivity contribution is 5.86. The molecule has 0 aliphatic rings. The maximum absolute atomic E-state index is 12.2. The van der Waals surface area contributed by atoms with Crippen LogP contribution in [0.15, 0.2) is 60.9 Å². The maximum Gasteiger partial charge on any atom is 0.306 e. The predicted octanol–water partition coefficient (Wildman–Crippen LogP) is 4.73. The number of nitrogens with one attached hydrogen (secondary N) is 2. The van der Waals surface area contributed by atoms with Gasteiger partial charge in [0, 0.05) is 34.7 Å². The van der Waals surface area contributed by atoms with Crippen molar-refractivity contribution in [1.82, 2.24) is 9.97 Å². The van der Waals surface area contributed by atoms with E-state index in [1.54, 1.807) is 0 Å². The second-order valence-corrected chi connectivity index (χ2v) is 6.18. The largest absolute Gasteiger partial charge is 0.466 e. The first-order valence-electron chi connectivity index (χ1n) is 8.55. The minimum atomic E-state index is -0.177. The summed E-state index contributed by atoms with van der Waals surface area (Å²) in [6.07, 6.45) is 4.26. The standard InChI is InChI=1S/C21H20N2O2/c1-2-25-21(24)12-17(15-8-7-14-9-10-22-20(14)11-15)18-13-23-19-6-4-3-5-16(18)19/h3-11,13,17,22-23H,2,12H2,1H3. The van der Waals surface area contributed by atoms with E-state index in [-0.39, 0.29) is 11.9 Å². The third kappa shape index (κ3) is 2.91. The van der Waals surface area contributed by atoms with Crippen LogP contribution >= 0.6 is 0 Å². The van der Waals surface area contributed by atoms with Crippen LogP contribution in [0.5, 0.6) is 0 Å². The first-order valence-corrected chi connectivity index (χ1v) is 8.55. The lowest BCUT2D eigenvalue weighted by Gasteiger charge is -2.17. The molecule has 0 aliphatic heterocycles. The minimum Gasteiger partial charge on any atom is -0.466 e. The Labute approximate surface area is 145 Å². The van der Waals surface area contributed by atoms with Crippen molar-refractivity contribution in [2.45, 2.75) is 19.3 Å². The van der Waals surface area contributed by atoms with Crippen molar-refractivity contribution < 1.29 is 9.53 Å². The van der Waals surface area contributed by atoms with Gasteiger partial charge in [0.15, 0.2) is 0 Å². The number of hydrogen-bond acceptors (Lipinski definition) is 2. The van der Waals surface area contributed by atoms with Gasteiger partial charge >= 0.3 is 5.97 Å². The molecule has 0 bridgehead atoms. The van der Waals surface area contributed by atoms with Gasteiger partial charge in [-0.15, -0.1) is 0 Å². The molecule has 25 heavy (non-hydrogen) atoms. The fourth-order valence-electron chi connectivity index (χ4n) is 3.46. The lowest BCUT2D eigenvalue weighted by Crippen LogP contribution is -2.11.